The number of fused-ring (bicyclic) bond motifs is 8. The molecule has 263 valence electrons. The standard InChI is InChI=1S/C16H15F3N4.C9H11ClN4.C7H5BF3O2/c17-16(18,19)11-4-1-3-10(7-11)14-20-8-13-15(22-14)21-12-5-2-6-23(13)9-12;10-9-11-4-7-8(13-9)12-6-2-1-3-14(7)5-6;9-7(10,11)5-2-1-3-6(4-5)13-8-12/h1,3-4,7-8,12H,2,5-6,9H2,(H,20,21,22);4,6H,1-3,5H2,(H,11,12,13);1-4,12H/t12-;6-;/m00./s1. The van der Waals surface area contributed by atoms with E-state index < -0.39 is 23.5 Å². The zero-order valence-electron chi connectivity index (χ0n) is 26.3. The summed E-state index contributed by atoms with van der Waals surface area (Å²) in [6.45, 7) is 4.07. The van der Waals surface area contributed by atoms with E-state index in [0.717, 1.165) is 80.5 Å². The van der Waals surface area contributed by atoms with Crippen LogP contribution < -0.4 is 25.1 Å². The van der Waals surface area contributed by atoms with Crippen LogP contribution in [-0.2, 0) is 12.4 Å². The molecule has 4 aromatic rings. The highest BCUT2D eigenvalue weighted by atomic mass is 35.5. The summed E-state index contributed by atoms with van der Waals surface area (Å²) < 4.78 is 79.2. The first-order valence-corrected chi connectivity index (χ1v) is 16.1. The molecule has 4 aliphatic heterocycles. The molecule has 0 spiro atoms. The Bertz CT molecular complexity index is 1800. The van der Waals surface area contributed by atoms with Crippen molar-refractivity contribution in [2.75, 3.05) is 46.6 Å². The van der Waals surface area contributed by atoms with E-state index >= 15 is 0 Å². The predicted octanol–water partition coefficient (Wildman–Crippen LogP) is 6.69. The number of halogens is 7. The predicted molar refractivity (Wildman–Crippen MR) is 177 cm³/mol. The van der Waals surface area contributed by atoms with Crippen LogP contribution in [0.25, 0.3) is 11.4 Å². The smallest absolute Gasteiger partial charge is 0.537 e. The number of aromatic nitrogens is 4. The maximum absolute atomic E-state index is 12.9. The first kappa shape index (κ1) is 35.3. The van der Waals surface area contributed by atoms with Crippen molar-refractivity contribution in [3.8, 4) is 17.1 Å². The Hall–Kier alpha value is -4.51. The van der Waals surface area contributed by atoms with Gasteiger partial charge in [0.25, 0.3) is 0 Å². The van der Waals surface area contributed by atoms with E-state index in [1.165, 1.54) is 31.0 Å². The van der Waals surface area contributed by atoms with Gasteiger partial charge in [-0.05, 0) is 67.6 Å². The summed E-state index contributed by atoms with van der Waals surface area (Å²) in [5.74, 6) is 1.85. The van der Waals surface area contributed by atoms with E-state index in [0.29, 0.717) is 42.3 Å². The van der Waals surface area contributed by atoms with Crippen molar-refractivity contribution >= 4 is 42.3 Å². The van der Waals surface area contributed by atoms with Gasteiger partial charge in [0, 0.05) is 43.8 Å². The lowest BCUT2D eigenvalue weighted by atomic mass is 10.0. The molecule has 3 N–H and O–H groups in total. The van der Waals surface area contributed by atoms with Crippen LogP contribution in [-0.4, -0.2) is 70.9 Å². The Morgan fingerprint density at radius 2 is 1.34 bits per heavy atom. The number of nitrogens with one attached hydrogen (secondary N) is 2. The fraction of sp³-hybridized carbons (Fsp3) is 0.375. The van der Waals surface area contributed by atoms with Crippen LogP contribution in [0.5, 0.6) is 5.75 Å². The van der Waals surface area contributed by atoms with Gasteiger partial charge in [-0.25, -0.2) is 15.0 Å². The molecular formula is C32H31BClF6N8O2. The summed E-state index contributed by atoms with van der Waals surface area (Å²) in [5, 5.41) is 15.3. The number of nitrogens with zero attached hydrogens (tertiary/aromatic N) is 6. The summed E-state index contributed by atoms with van der Waals surface area (Å²) in [6.07, 6.45) is -0.603. The molecule has 8 rings (SSSR count). The van der Waals surface area contributed by atoms with Crippen molar-refractivity contribution in [1.82, 2.24) is 19.9 Å². The van der Waals surface area contributed by atoms with Crippen molar-refractivity contribution in [1.29, 1.82) is 0 Å². The molecule has 6 heterocycles. The fourth-order valence-corrected chi connectivity index (χ4v) is 6.33. The van der Waals surface area contributed by atoms with Crippen molar-refractivity contribution < 1.29 is 36.0 Å². The zero-order chi connectivity index (χ0) is 35.5. The van der Waals surface area contributed by atoms with Crippen molar-refractivity contribution in [2.45, 2.75) is 50.1 Å². The topological polar surface area (TPSA) is 112 Å². The quantitative estimate of drug-likeness (QED) is 0.120. The fourth-order valence-electron chi connectivity index (χ4n) is 6.20. The minimum atomic E-state index is -4.39. The Labute approximate surface area is 289 Å². The van der Waals surface area contributed by atoms with Crippen LogP contribution in [0.4, 0.5) is 49.4 Å². The minimum Gasteiger partial charge on any atom is -0.537 e. The van der Waals surface area contributed by atoms with Crippen molar-refractivity contribution in [2.24, 2.45) is 0 Å². The van der Waals surface area contributed by atoms with Gasteiger partial charge in [-0.1, -0.05) is 18.2 Å². The second-order valence-corrected chi connectivity index (χ2v) is 12.3. The van der Waals surface area contributed by atoms with Crippen molar-refractivity contribution in [3.63, 3.8) is 0 Å². The van der Waals surface area contributed by atoms with Gasteiger partial charge in [-0.2, -0.15) is 31.3 Å². The second kappa shape index (κ2) is 14.8. The summed E-state index contributed by atoms with van der Waals surface area (Å²) in [7, 11) is 0.329. The SMILES string of the molecule is Clc1ncc2c(n1)N[C@H]1CCCN2C1.FC(F)(F)c1cccc(-c2ncc3c(n2)N[C@H]2CCCN3C2)c1.O[B]Oc1cccc(C(F)(F)F)c1. The van der Waals surface area contributed by atoms with E-state index in [9.17, 15) is 26.3 Å². The highest BCUT2D eigenvalue weighted by Gasteiger charge is 2.33. The monoisotopic (exact) mass is 719 g/mol. The zero-order valence-corrected chi connectivity index (χ0v) is 27.1. The molecule has 50 heavy (non-hydrogen) atoms. The third kappa shape index (κ3) is 8.44. The molecule has 4 aliphatic rings. The molecule has 2 saturated heterocycles. The van der Waals surface area contributed by atoms with Crippen LogP contribution in [0.1, 0.15) is 36.8 Å². The van der Waals surface area contributed by atoms with Gasteiger partial charge in [0.15, 0.2) is 17.5 Å². The lowest BCUT2D eigenvalue weighted by Crippen LogP contribution is -2.46. The molecule has 2 atom stereocenters. The van der Waals surface area contributed by atoms with Gasteiger partial charge < -0.3 is 30.1 Å². The highest BCUT2D eigenvalue weighted by Crippen LogP contribution is 2.36. The highest BCUT2D eigenvalue weighted by molar-refractivity contribution is 6.28. The van der Waals surface area contributed by atoms with E-state index in [1.807, 2.05) is 0 Å². The lowest BCUT2D eigenvalue weighted by molar-refractivity contribution is -0.138. The van der Waals surface area contributed by atoms with E-state index in [4.69, 9.17) is 16.6 Å². The number of benzene rings is 2. The maximum Gasteiger partial charge on any atom is 0.569 e. The first-order chi connectivity index (χ1) is 23.9. The molecule has 1 radical (unpaired) electrons. The number of rotatable bonds is 3. The molecule has 4 bridgehead atoms. The summed E-state index contributed by atoms with van der Waals surface area (Å²) >= 11 is 5.75. The molecule has 18 heteroatoms. The summed E-state index contributed by atoms with van der Waals surface area (Å²) in [4.78, 5) is 21.5. The Balaban J connectivity index is 0.000000138. The van der Waals surface area contributed by atoms with E-state index in [2.05, 4.69) is 45.0 Å². The molecule has 2 aromatic heterocycles. The van der Waals surface area contributed by atoms with Crippen LogP contribution >= 0.6 is 11.6 Å². The van der Waals surface area contributed by atoms with Crippen LogP contribution in [0, 0.1) is 0 Å². The van der Waals surface area contributed by atoms with Crippen LogP contribution in [0.15, 0.2) is 60.9 Å². The van der Waals surface area contributed by atoms with Gasteiger partial charge in [-0.3, -0.25) is 0 Å². The summed E-state index contributed by atoms with van der Waals surface area (Å²) in [5.41, 5.74) is 0.883. The van der Waals surface area contributed by atoms with Crippen LogP contribution in [0.3, 0.4) is 0 Å². The van der Waals surface area contributed by atoms with Crippen LogP contribution in [0.2, 0.25) is 5.28 Å². The number of alkyl halides is 6. The molecule has 0 saturated carbocycles. The molecular weight excluding hydrogens is 689 g/mol. The van der Waals surface area contributed by atoms with Gasteiger partial charge in [0.2, 0.25) is 5.28 Å². The second-order valence-electron chi connectivity index (χ2n) is 12.0. The third-order valence-corrected chi connectivity index (χ3v) is 8.70. The molecule has 0 unspecified atom stereocenters. The van der Waals surface area contributed by atoms with Gasteiger partial charge >= 0.3 is 20.0 Å². The third-order valence-electron chi connectivity index (χ3n) is 8.51. The molecule has 10 nitrogen and oxygen atoms in total. The van der Waals surface area contributed by atoms with Gasteiger partial charge in [-0.15, -0.1) is 0 Å². The van der Waals surface area contributed by atoms with Gasteiger partial charge in [0.05, 0.1) is 34.9 Å². The largest absolute Gasteiger partial charge is 0.569 e. The van der Waals surface area contributed by atoms with E-state index in [-0.39, 0.29) is 5.75 Å². The number of anilines is 4. The van der Waals surface area contributed by atoms with Crippen molar-refractivity contribution in [3.05, 3.63) is 77.3 Å². The Kier molecular flexibility index (Phi) is 10.4. The number of hydrogen-bond acceptors (Lipinski definition) is 10. The molecule has 0 amide bonds. The molecule has 2 fully saturated rings. The average molecular weight is 720 g/mol. The lowest BCUT2D eigenvalue weighted by Gasteiger charge is -2.40. The molecule has 0 aliphatic carbocycles. The summed E-state index contributed by atoms with van der Waals surface area (Å²) in [6, 6.07) is 10.2. The van der Waals surface area contributed by atoms with E-state index in [1.54, 1.807) is 18.5 Å². The van der Waals surface area contributed by atoms with Gasteiger partial charge in [0.1, 0.15) is 5.75 Å². The maximum atomic E-state index is 12.9. The first-order valence-electron chi connectivity index (χ1n) is 15.8. The molecule has 2 aromatic carbocycles. The Morgan fingerprint density at radius 3 is 1.94 bits per heavy atom. The number of piperidine rings is 2. The minimum absolute atomic E-state index is 0.0580. The number of hydrogen-bond donors (Lipinski definition) is 3. The normalized spacial score (nSPS) is 18.8. The Morgan fingerprint density at radius 1 is 0.780 bits per heavy atom. The average Bonchev–Trinajstić information content (AvgIpc) is 3.08.